The van der Waals surface area contributed by atoms with Gasteiger partial charge in [-0.3, -0.25) is 9.78 Å². The quantitative estimate of drug-likeness (QED) is 0.472. The number of piperidine rings is 1. The van der Waals surface area contributed by atoms with Crippen LogP contribution in [0.1, 0.15) is 34.3 Å². The van der Waals surface area contributed by atoms with Crippen LogP contribution < -0.4 is 0 Å². The number of hydrogen-bond donors (Lipinski definition) is 0. The van der Waals surface area contributed by atoms with Gasteiger partial charge in [-0.05, 0) is 43.2 Å². The standard InChI is InChI=1S/C21H17ClN4OS/c22-14-5-6-19-17(11-14)25-20(28-19)13-7-9-26(10-8-13)21(27)18-12-23-15-3-1-2-4-16(15)24-18/h1-6,11-13H,7-10H2. The number of nitrogens with zero attached hydrogens (tertiary/aromatic N) is 4. The van der Waals surface area contributed by atoms with Crippen LogP contribution in [-0.4, -0.2) is 38.8 Å². The van der Waals surface area contributed by atoms with Gasteiger partial charge in [-0.1, -0.05) is 23.7 Å². The molecule has 0 atom stereocenters. The van der Waals surface area contributed by atoms with E-state index in [2.05, 4.69) is 9.97 Å². The van der Waals surface area contributed by atoms with E-state index in [1.165, 1.54) is 0 Å². The van der Waals surface area contributed by atoms with Crippen molar-refractivity contribution in [1.82, 2.24) is 19.9 Å². The molecule has 0 aliphatic carbocycles. The Balaban J connectivity index is 1.30. The van der Waals surface area contributed by atoms with E-state index in [0.717, 1.165) is 39.1 Å². The van der Waals surface area contributed by atoms with Crippen LogP contribution in [-0.2, 0) is 0 Å². The molecule has 1 amide bonds. The number of amides is 1. The summed E-state index contributed by atoms with van der Waals surface area (Å²) in [5.41, 5.74) is 2.91. The smallest absolute Gasteiger partial charge is 0.274 e. The van der Waals surface area contributed by atoms with E-state index < -0.39 is 0 Å². The minimum absolute atomic E-state index is 0.0483. The number of para-hydroxylation sites is 2. The molecular weight excluding hydrogens is 392 g/mol. The second-order valence-corrected chi connectivity index (χ2v) is 8.47. The van der Waals surface area contributed by atoms with Gasteiger partial charge in [-0.2, -0.15) is 0 Å². The normalized spacial score (nSPS) is 15.4. The number of aromatic nitrogens is 3. The third-order valence-corrected chi connectivity index (χ3v) is 6.60. The first-order valence-corrected chi connectivity index (χ1v) is 10.4. The molecule has 1 fully saturated rings. The predicted octanol–water partition coefficient (Wildman–Crippen LogP) is 4.91. The van der Waals surface area contributed by atoms with Gasteiger partial charge in [0.2, 0.25) is 0 Å². The van der Waals surface area contributed by atoms with Gasteiger partial charge >= 0.3 is 0 Å². The molecule has 1 saturated heterocycles. The third-order valence-electron chi connectivity index (χ3n) is 5.17. The summed E-state index contributed by atoms with van der Waals surface area (Å²) in [4.78, 5) is 28.4. The van der Waals surface area contributed by atoms with Crippen LogP contribution in [0.4, 0.5) is 0 Å². The number of hydrogen-bond acceptors (Lipinski definition) is 5. The van der Waals surface area contributed by atoms with Gasteiger partial charge in [0, 0.05) is 24.0 Å². The van der Waals surface area contributed by atoms with Crippen molar-refractivity contribution >= 4 is 50.1 Å². The highest BCUT2D eigenvalue weighted by atomic mass is 35.5. The van der Waals surface area contributed by atoms with E-state index >= 15 is 0 Å². The maximum Gasteiger partial charge on any atom is 0.274 e. The summed E-state index contributed by atoms with van der Waals surface area (Å²) in [7, 11) is 0. The lowest BCUT2D eigenvalue weighted by molar-refractivity contribution is 0.0707. The number of halogens is 1. The van der Waals surface area contributed by atoms with E-state index in [9.17, 15) is 4.79 Å². The van der Waals surface area contributed by atoms with Crippen molar-refractivity contribution < 1.29 is 4.79 Å². The summed E-state index contributed by atoms with van der Waals surface area (Å²) in [5.74, 6) is 0.329. The SMILES string of the molecule is O=C(c1cnc2ccccc2n1)N1CCC(c2nc3cc(Cl)ccc3s2)CC1. The molecule has 2 aromatic heterocycles. The number of benzene rings is 2. The molecule has 1 aliphatic heterocycles. The van der Waals surface area contributed by atoms with Gasteiger partial charge in [0.15, 0.2) is 0 Å². The number of thiazole rings is 1. The number of likely N-dealkylation sites (tertiary alicyclic amines) is 1. The first kappa shape index (κ1) is 17.5. The molecule has 0 spiro atoms. The molecule has 5 nitrogen and oxygen atoms in total. The van der Waals surface area contributed by atoms with Crippen LogP contribution in [0.15, 0.2) is 48.7 Å². The highest BCUT2D eigenvalue weighted by Gasteiger charge is 2.27. The molecule has 3 heterocycles. The van der Waals surface area contributed by atoms with Crippen LogP contribution in [0.2, 0.25) is 5.02 Å². The molecule has 7 heteroatoms. The first-order valence-electron chi connectivity index (χ1n) is 9.24. The zero-order valence-corrected chi connectivity index (χ0v) is 16.6. The Morgan fingerprint density at radius 3 is 2.64 bits per heavy atom. The summed E-state index contributed by atoms with van der Waals surface area (Å²) in [5, 5.41) is 1.84. The fourth-order valence-electron chi connectivity index (χ4n) is 3.64. The van der Waals surface area contributed by atoms with Gasteiger partial charge in [0.05, 0.1) is 32.5 Å². The molecule has 5 rings (SSSR count). The van der Waals surface area contributed by atoms with Crippen molar-refractivity contribution in [3.8, 4) is 0 Å². The highest BCUT2D eigenvalue weighted by molar-refractivity contribution is 7.18. The summed E-state index contributed by atoms with van der Waals surface area (Å²) in [6, 6.07) is 13.4. The molecule has 2 aromatic carbocycles. The largest absolute Gasteiger partial charge is 0.337 e. The second kappa shape index (κ2) is 7.11. The van der Waals surface area contributed by atoms with Gasteiger partial charge in [-0.15, -0.1) is 11.3 Å². The Bertz CT molecular complexity index is 1180. The maximum absolute atomic E-state index is 12.9. The van der Waals surface area contributed by atoms with Crippen LogP contribution >= 0.6 is 22.9 Å². The maximum atomic E-state index is 12.9. The van der Waals surface area contributed by atoms with E-state index in [1.54, 1.807) is 17.5 Å². The zero-order chi connectivity index (χ0) is 19.1. The fourth-order valence-corrected chi connectivity index (χ4v) is 4.93. The first-order chi connectivity index (χ1) is 13.7. The van der Waals surface area contributed by atoms with Gasteiger partial charge in [0.25, 0.3) is 5.91 Å². The number of carbonyl (C=O) groups is 1. The van der Waals surface area contributed by atoms with Crippen molar-refractivity contribution in [1.29, 1.82) is 0 Å². The van der Waals surface area contributed by atoms with Crippen LogP contribution in [0, 0.1) is 0 Å². The fraction of sp³-hybridized carbons (Fsp3) is 0.238. The molecule has 0 saturated carbocycles. The van der Waals surface area contributed by atoms with Crippen molar-refractivity contribution in [3.05, 3.63) is 64.4 Å². The van der Waals surface area contributed by atoms with Crippen LogP contribution in [0.5, 0.6) is 0 Å². The molecule has 28 heavy (non-hydrogen) atoms. The van der Waals surface area contributed by atoms with E-state index in [4.69, 9.17) is 16.6 Å². The summed E-state index contributed by atoms with van der Waals surface area (Å²) < 4.78 is 1.16. The Morgan fingerprint density at radius 1 is 1.04 bits per heavy atom. The highest BCUT2D eigenvalue weighted by Crippen LogP contribution is 2.34. The third kappa shape index (κ3) is 3.23. The van der Waals surface area contributed by atoms with E-state index in [-0.39, 0.29) is 5.91 Å². The molecule has 0 bridgehead atoms. The van der Waals surface area contributed by atoms with E-state index in [0.29, 0.717) is 29.7 Å². The van der Waals surface area contributed by atoms with Gasteiger partial charge in [-0.25, -0.2) is 9.97 Å². The van der Waals surface area contributed by atoms with Gasteiger partial charge < -0.3 is 4.90 Å². The molecule has 140 valence electrons. The molecular formula is C21H17ClN4OS. The molecule has 0 N–H and O–H groups in total. The summed E-state index contributed by atoms with van der Waals surface area (Å²) >= 11 is 7.80. The molecule has 0 unspecified atom stereocenters. The second-order valence-electron chi connectivity index (χ2n) is 6.97. The Kier molecular flexibility index (Phi) is 4.45. The van der Waals surface area contributed by atoms with Crippen LogP contribution in [0.25, 0.3) is 21.3 Å². The minimum atomic E-state index is -0.0483. The number of carbonyl (C=O) groups excluding carboxylic acids is 1. The minimum Gasteiger partial charge on any atom is -0.337 e. The monoisotopic (exact) mass is 408 g/mol. The summed E-state index contributed by atoms with van der Waals surface area (Å²) in [6.07, 6.45) is 3.38. The zero-order valence-electron chi connectivity index (χ0n) is 15.0. The number of rotatable bonds is 2. The van der Waals surface area contributed by atoms with Crippen molar-refractivity contribution in [2.75, 3.05) is 13.1 Å². The lowest BCUT2D eigenvalue weighted by Crippen LogP contribution is -2.38. The lowest BCUT2D eigenvalue weighted by Gasteiger charge is -2.30. The average Bonchev–Trinajstić information content (AvgIpc) is 3.16. The van der Waals surface area contributed by atoms with E-state index in [1.807, 2.05) is 47.4 Å². The Morgan fingerprint density at radius 2 is 1.82 bits per heavy atom. The van der Waals surface area contributed by atoms with Crippen molar-refractivity contribution in [2.45, 2.75) is 18.8 Å². The van der Waals surface area contributed by atoms with Crippen LogP contribution in [0.3, 0.4) is 0 Å². The number of fused-ring (bicyclic) bond motifs is 2. The lowest BCUT2D eigenvalue weighted by atomic mass is 9.97. The summed E-state index contributed by atoms with van der Waals surface area (Å²) in [6.45, 7) is 1.41. The molecule has 0 radical (unpaired) electrons. The van der Waals surface area contributed by atoms with Crippen molar-refractivity contribution in [3.63, 3.8) is 0 Å². The Labute approximate surface area is 171 Å². The molecule has 4 aromatic rings. The van der Waals surface area contributed by atoms with Gasteiger partial charge in [0.1, 0.15) is 5.69 Å². The topological polar surface area (TPSA) is 59.0 Å². The Hall–Kier alpha value is -2.57. The van der Waals surface area contributed by atoms with Crippen molar-refractivity contribution in [2.24, 2.45) is 0 Å². The predicted molar refractivity (Wildman–Crippen MR) is 112 cm³/mol. The molecule has 1 aliphatic rings. The average molecular weight is 409 g/mol.